The normalized spacial score (nSPS) is 22.6. The maximum atomic E-state index is 3.56. The molecule has 0 spiro atoms. The molecule has 0 amide bonds. The van der Waals surface area contributed by atoms with Crippen LogP contribution in [0.4, 0.5) is 5.69 Å². The van der Waals surface area contributed by atoms with E-state index in [2.05, 4.69) is 66.8 Å². The quantitative estimate of drug-likeness (QED) is 0.770. The summed E-state index contributed by atoms with van der Waals surface area (Å²) < 4.78 is 0. The van der Waals surface area contributed by atoms with Crippen molar-refractivity contribution in [1.82, 2.24) is 0 Å². The molecule has 2 atom stereocenters. The van der Waals surface area contributed by atoms with Gasteiger partial charge >= 0.3 is 0 Å². The average molecular weight is 223 g/mol. The minimum Gasteiger partial charge on any atom is -0.382 e. The van der Waals surface area contributed by atoms with Crippen molar-refractivity contribution in [2.24, 2.45) is 0 Å². The molecule has 0 saturated carbocycles. The Hall–Kier alpha value is -1.76. The van der Waals surface area contributed by atoms with Gasteiger partial charge in [-0.1, -0.05) is 48.5 Å². The predicted molar refractivity (Wildman–Crippen MR) is 72.4 cm³/mol. The molecule has 0 aromatic heterocycles. The van der Waals surface area contributed by atoms with Crippen molar-refractivity contribution in [1.29, 1.82) is 0 Å². The average Bonchev–Trinajstić information content (AvgIpc) is 2.39. The first-order valence-corrected chi connectivity index (χ1v) is 6.25. The predicted octanol–water partition coefficient (Wildman–Crippen LogP) is 4.02. The van der Waals surface area contributed by atoms with Crippen LogP contribution in [0, 0.1) is 0 Å². The van der Waals surface area contributed by atoms with Gasteiger partial charge < -0.3 is 5.32 Å². The van der Waals surface area contributed by atoms with E-state index in [4.69, 9.17) is 0 Å². The molecule has 1 aliphatic rings. The summed E-state index contributed by atoms with van der Waals surface area (Å²) in [5, 5.41) is 3.56. The van der Waals surface area contributed by atoms with Gasteiger partial charge in [-0.05, 0) is 30.5 Å². The molecule has 1 nitrogen and oxygen atoms in total. The van der Waals surface area contributed by atoms with Crippen LogP contribution in [0.5, 0.6) is 0 Å². The number of para-hydroxylation sites is 1. The highest BCUT2D eigenvalue weighted by Crippen LogP contribution is 2.38. The zero-order valence-electron chi connectivity index (χ0n) is 10.1. The Labute approximate surface area is 102 Å². The lowest BCUT2D eigenvalue weighted by atomic mass is 9.82. The number of hydrogen-bond acceptors (Lipinski definition) is 1. The number of hydrogen-bond donors (Lipinski definition) is 1. The van der Waals surface area contributed by atoms with E-state index in [9.17, 15) is 0 Å². The second-order valence-corrected chi connectivity index (χ2v) is 4.83. The largest absolute Gasteiger partial charge is 0.382 e. The third-order valence-corrected chi connectivity index (χ3v) is 3.53. The van der Waals surface area contributed by atoms with Gasteiger partial charge in [-0.25, -0.2) is 0 Å². The fourth-order valence-electron chi connectivity index (χ4n) is 2.74. The summed E-state index contributed by atoms with van der Waals surface area (Å²) in [6.07, 6.45) is 1.17. The first-order valence-electron chi connectivity index (χ1n) is 6.25. The first kappa shape index (κ1) is 10.4. The molecule has 1 N–H and O–H groups in total. The lowest BCUT2D eigenvalue weighted by molar-refractivity contribution is 0.615. The van der Waals surface area contributed by atoms with Crippen LogP contribution in [0.3, 0.4) is 0 Å². The molecular weight excluding hydrogens is 206 g/mol. The molecule has 2 aromatic carbocycles. The Balaban J connectivity index is 2.07. The summed E-state index contributed by atoms with van der Waals surface area (Å²) in [5.41, 5.74) is 4.14. The maximum absolute atomic E-state index is 3.56. The van der Waals surface area contributed by atoms with Crippen LogP contribution in [0.25, 0.3) is 0 Å². The zero-order valence-corrected chi connectivity index (χ0v) is 10.1. The van der Waals surface area contributed by atoms with E-state index in [1.165, 1.54) is 23.2 Å². The summed E-state index contributed by atoms with van der Waals surface area (Å²) in [5.74, 6) is 0.531. The second-order valence-electron chi connectivity index (χ2n) is 4.83. The van der Waals surface area contributed by atoms with Crippen LogP contribution < -0.4 is 5.32 Å². The molecule has 0 aliphatic carbocycles. The van der Waals surface area contributed by atoms with Gasteiger partial charge in [0.05, 0.1) is 0 Å². The number of rotatable bonds is 1. The number of anilines is 1. The Morgan fingerprint density at radius 3 is 2.47 bits per heavy atom. The fourth-order valence-corrected chi connectivity index (χ4v) is 2.74. The summed E-state index contributed by atoms with van der Waals surface area (Å²) in [6.45, 7) is 2.26. The minimum absolute atomic E-state index is 0.531. The summed E-state index contributed by atoms with van der Waals surface area (Å²) in [7, 11) is 0. The summed E-state index contributed by atoms with van der Waals surface area (Å²) in [4.78, 5) is 0. The second kappa shape index (κ2) is 4.25. The van der Waals surface area contributed by atoms with Gasteiger partial charge in [0.25, 0.3) is 0 Å². The van der Waals surface area contributed by atoms with Crippen molar-refractivity contribution in [3.05, 3.63) is 65.7 Å². The Morgan fingerprint density at radius 2 is 1.65 bits per heavy atom. The van der Waals surface area contributed by atoms with Crippen LogP contribution in [0.15, 0.2) is 54.6 Å². The lowest BCUT2D eigenvalue weighted by Crippen LogP contribution is -2.25. The minimum atomic E-state index is 0.531. The van der Waals surface area contributed by atoms with Crippen molar-refractivity contribution in [2.75, 3.05) is 5.32 Å². The van der Waals surface area contributed by atoms with Crippen molar-refractivity contribution >= 4 is 5.69 Å². The van der Waals surface area contributed by atoms with Crippen molar-refractivity contribution in [3.8, 4) is 0 Å². The smallest absolute Gasteiger partial charge is 0.0381 e. The SMILES string of the molecule is CC1CC(c2ccccc2)c2ccccc2N1. The molecule has 2 unspecified atom stereocenters. The molecule has 1 aliphatic heterocycles. The van der Waals surface area contributed by atoms with E-state index in [0.717, 1.165) is 0 Å². The molecule has 2 aromatic rings. The van der Waals surface area contributed by atoms with Gasteiger partial charge in [0.15, 0.2) is 0 Å². The highest BCUT2D eigenvalue weighted by molar-refractivity contribution is 5.58. The highest BCUT2D eigenvalue weighted by atomic mass is 14.9. The van der Waals surface area contributed by atoms with Crippen molar-refractivity contribution in [3.63, 3.8) is 0 Å². The van der Waals surface area contributed by atoms with E-state index < -0.39 is 0 Å². The Kier molecular flexibility index (Phi) is 2.60. The lowest BCUT2D eigenvalue weighted by Gasteiger charge is -2.31. The molecule has 3 rings (SSSR count). The van der Waals surface area contributed by atoms with Gasteiger partial charge in [-0.2, -0.15) is 0 Å². The molecule has 0 radical (unpaired) electrons. The van der Waals surface area contributed by atoms with E-state index in [0.29, 0.717) is 12.0 Å². The Morgan fingerprint density at radius 1 is 0.941 bits per heavy atom. The topological polar surface area (TPSA) is 12.0 Å². The molecule has 17 heavy (non-hydrogen) atoms. The van der Waals surface area contributed by atoms with Gasteiger partial charge in [0.2, 0.25) is 0 Å². The van der Waals surface area contributed by atoms with Crippen LogP contribution in [0.1, 0.15) is 30.4 Å². The van der Waals surface area contributed by atoms with Gasteiger partial charge in [0.1, 0.15) is 0 Å². The molecule has 1 heterocycles. The van der Waals surface area contributed by atoms with Crippen LogP contribution >= 0.6 is 0 Å². The Bertz CT molecular complexity index is 504. The van der Waals surface area contributed by atoms with Crippen LogP contribution in [-0.4, -0.2) is 6.04 Å². The van der Waals surface area contributed by atoms with Gasteiger partial charge in [0, 0.05) is 17.6 Å². The van der Waals surface area contributed by atoms with Crippen molar-refractivity contribution in [2.45, 2.75) is 25.3 Å². The monoisotopic (exact) mass is 223 g/mol. The van der Waals surface area contributed by atoms with Crippen molar-refractivity contribution < 1.29 is 0 Å². The van der Waals surface area contributed by atoms with Crippen LogP contribution in [-0.2, 0) is 0 Å². The molecule has 0 bridgehead atoms. The van der Waals surface area contributed by atoms with E-state index >= 15 is 0 Å². The third kappa shape index (κ3) is 1.93. The maximum Gasteiger partial charge on any atom is 0.0381 e. The number of fused-ring (bicyclic) bond motifs is 1. The van der Waals surface area contributed by atoms with Gasteiger partial charge in [-0.3, -0.25) is 0 Å². The molecule has 0 fully saturated rings. The van der Waals surface area contributed by atoms with E-state index in [-0.39, 0.29) is 0 Å². The molecular formula is C16H17N. The summed E-state index contributed by atoms with van der Waals surface area (Å²) in [6, 6.07) is 20.0. The third-order valence-electron chi connectivity index (χ3n) is 3.53. The van der Waals surface area contributed by atoms with E-state index in [1.807, 2.05) is 0 Å². The van der Waals surface area contributed by atoms with Gasteiger partial charge in [-0.15, -0.1) is 0 Å². The first-order chi connectivity index (χ1) is 8.34. The van der Waals surface area contributed by atoms with Crippen LogP contribution in [0.2, 0.25) is 0 Å². The fraction of sp³-hybridized carbons (Fsp3) is 0.250. The summed E-state index contributed by atoms with van der Waals surface area (Å²) >= 11 is 0. The zero-order chi connectivity index (χ0) is 11.7. The molecule has 86 valence electrons. The highest BCUT2D eigenvalue weighted by Gasteiger charge is 2.24. The standard InChI is InChI=1S/C16H17N/c1-12-11-15(13-7-3-2-4-8-13)14-9-5-6-10-16(14)17-12/h2-10,12,15,17H,11H2,1H3. The number of benzene rings is 2. The molecule has 0 saturated heterocycles. The van der Waals surface area contributed by atoms with E-state index in [1.54, 1.807) is 0 Å². The molecule has 1 heteroatoms. The number of nitrogens with one attached hydrogen (secondary N) is 1.